The lowest BCUT2D eigenvalue weighted by molar-refractivity contribution is -0.155. The van der Waals surface area contributed by atoms with Crippen molar-refractivity contribution < 1.29 is 27.1 Å². The van der Waals surface area contributed by atoms with Crippen LogP contribution in [0.3, 0.4) is 0 Å². The van der Waals surface area contributed by atoms with Crippen LogP contribution >= 0.6 is 0 Å². The molecule has 2 aromatic carbocycles. The van der Waals surface area contributed by atoms with E-state index in [2.05, 4.69) is 5.32 Å². The molecule has 1 amide bonds. The molecule has 2 aromatic rings. The van der Waals surface area contributed by atoms with Gasteiger partial charge in [0.2, 0.25) is 10.0 Å². The van der Waals surface area contributed by atoms with Crippen molar-refractivity contribution in [3.8, 4) is 0 Å². The zero-order chi connectivity index (χ0) is 24.7. The van der Waals surface area contributed by atoms with E-state index < -0.39 is 28.0 Å². The molecule has 0 aromatic heterocycles. The summed E-state index contributed by atoms with van der Waals surface area (Å²) in [6.07, 6.45) is 2.25. The molecule has 1 heterocycles. The second kappa shape index (κ2) is 11.6. The van der Waals surface area contributed by atoms with Gasteiger partial charge in [0.05, 0.1) is 10.9 Å². The van der Waals surface area contributed by atoms with Crippen LogP contribution < -0.4 is 5.32 Å². The summed E-state index contributed by atoms with van der Waals surface area (Å²) in [5.41, 5.74) is 1.54. The zero-order valence-corrected chi connectivity index (χ0v) is 20.3. The average Bonchev–Trinajstić information content (AvgIpc) is 2.84. The lowest BCUT2D eigenvalue weighted by Crippen LogP contribution is -2.37. The molecule has 3 rings (SSSR count). The molecule has 0 radical (unpaired) electrons. The number of esters is 1. The van der Waals surface area contributed by atoms with Gasteiger partial charge in [-0.25, -0.2) is 12.8 Å². The predicted molar refractivity (Wildman–Crippen MR) is 126 cm³/mol. The number of benzene rings is 2. The first-order chi connectivity index (χ1) is 16.2. The minimum absolute atomic E-state index is 0.0589. The third-order valence-corrected chi connectivity index (χ3v) is 7.81. The number of nitrogens with one attached hydrogen (secondary N) is 1. The highest BCUT2D eigenvalue weighted by Gasteiger charge is 2.26. The van der Waals surface area contributed by atoms with E-state index >= 15 is 0 Å². The molecule has 1 fully saturated rings. The fourth-order valence-corrected chi connectivity index (χ4v) is 5.32. The van der Waals surface area contributed by atoms with Gasteiger partial charge in [-0.3, -0.25) is 9.59 Å². The van der Waals surface area contributed by atoms with Crippen molar-refractivity contribution in [1.29, 1.82) is 0 Å². The number of rotatable bonds is 9. The van der Waals surface area contributed by atoms with Crippen molar-refractivity contribution in [2.75, 3.05) is 13.1 Å². The van der Waals surface area contributed by atoms with E-state index in [4.69, 9.17) is 4.74 Å². The van der Waals surface area contributed by atoms with Crippen LogP contribution in [-0.2, 0) is 30.8 Å². The third-order valence-electron chi connectivity index (χ3n) is 5.90. The minimum Gasteiger partial charge on any atom is -0.453 e. The maximum absolute atomic E-state index is 13.1. The Morgan fingerprint density at radius 1 is 1.00 bits per heavy atom. The molecular formula is C25H31FN2O5S. The summed E-state index contributed by atoms with van der Waals surface area (Å²) in [6.45, 7) is 4.34. The first kappa shape index (κ1) is 25.8. The zero-order valence-electron chi connectivity index (χ0n) is 19.5. The molecule has 1 saturated heterocycles. The Morgan fingerprint density at radius 3 is 2.24 bits per heavy atom. The fourth-order valence-electron chi connectivity index (χ4n) is 3.80. The van der Waals surface area contributed by atoms with E-state index in [-0.39, 0.29) is 23.2 Å². The van der Waals surface area contributed by atoms with Gasteiger partial charge >= 0.3 is 5.97 Å². The molecule has 0 bridgehead atoms. The SMILES string of the molecule is CC(OC(=O)CCc1ccc(S(=O)(=O)N2CCCCC2)cc1)C(=O)NC(C)c1ccc(F)cc1. The van der Waals surface area contributed by atoms with Crippen molar-refractivity contribution in [2.45, 2.75) is 63.0 Å². The topological polar surface area (TPSA) is 92.8 Å². The Morgan fingerprint density at radius 2 is 1.62 bits per heavy atom. The summed E-state index contributed by atoms with van der Waals surface area (Å²) >= 11 is 0. The van der Waals surface area contributed by atoms with E-state index in [0.29, 0.717) is 19.5 Å². The first-order valence-electron chi connectivity index (χ1n) is 11.5. The highest BCUT2D eigenvalue weighted by atomic mass is 32.2. The smallest absolute Gasteiger partial charge is 0.306 e. The number of aryl methyl sites for hydroxylation is 1. The Bertz CT molecular complexity index is 1080. The van der Waals surface area contributed by atoms with Crippen LogP contribution in [0, 0.1) is 5.82 Å². The molecule has 0 saturated carbocycles. The van der Waals surface area contributed by atoms with Gasteiger partial charge in [0.25, 0.3) is 5.91 Å². The van der Waals surface area contributed by atoms with Crippen molar-refractivity contribution >= 4 is 21.9 Å². The normalized spacial score (nSPS) is 16.4. The van der Waals surface area contributed by atoms with Crippen LogP contribution in [0.5, 0.6) is 0 Å². The summed E-state index contributed by atoms with van der Waals surface area (Å²) in [7, 11) is -3.49. The number of hydrogen-bond acceptors (Lipinski definition) is 5. The van der Waals surface area contributed by atoms with Gasteiger partial charge in [-0.05, 0) is 68.5 Å². The molecule has 34 heavy (non-hydrogen) atoms. The number of piperidine rings is 1. The number of nitrogens with zero attached hydrogens (tertiary/aromatic N) is 1. The van der Waals surface area contributed by atoms with Crippen molar-refractivity contribution in [1.82, 2.24) is 9.62 Å². The monoisotopic (exact) mass is 490 g/mol. The lowest BCUT2D eigenvalue weighted by atomic mass is 10.1. The van der Waals surface area contributed by atoms with Gasteiger partial charge in [0.1, 0.15) is 5.82 Å². The molecule has 1 N–H and O–H groups in total. The minimum atomic E-state index is -3.49. The van der Waals surface area contributed by atoms with E-state index in [1.807, 2.05) is 0 Å². The van der Waals surface area contributed by atoms with Crippen LogP contribution in [0.15, 0.2) is 53.4 Å². The second-order valence-electron chi connectivity index (χ2n) is 8.52. The number of sulfonamides is 1. The van der Waals surface area contributed by atoms with E-state index in [9.17, 15) is 22.4 Å². The molecule has 2 unspecified atom stereocenters. The Hall–Kier alpha value is -2.78. The largest absolute Gasteiger partial charge is 0.453 e. The molecule has 9 heteroatoms. The van der Waals surface area contributed by atoms with Crippen LogP contribution in [0.1, 0.15) is 56.7 Å². The summed E-state index contributed by atoms with van der Waals surface area (Å²) in [6, 6.07) is 12.0. The van der Waals surface area contributed by atoms with Crippen molar-refractivity contribution in [3.05, 3.63) is 65.5 Å². The molecule has 2 atom stereocenters. The summed E-state index contributed by atoms with van der Waals surface area (Å²) in [4.78, 5) is 24.8. The molecule has 1 aliphatic heterocycles. The molecule has 0 aliphatic carbocycles. The van der Waals surface area contributed by atoms with E-state index in [1.165, 1.54) is 23.4 Å². The molecule has 0 spiro atoms. The Kier molecular flexibility index (Phi) is 8.79. The number of ether oxygens (including phenoxy) is 1. The van der Waals surface area contributed by atoms with Crippen molar-refractivity contribution in [3.63, 3.8) is 0 Å². The fraction of sp³-hybridized carbons (Fsp3) is 0.440. The van der Waals surface area contributed by atoms with Gasteiger partial charge in [-0.1, -0.05) is 30.7 Å². The quantitative estimate of drug-likeness (QED) is 0.541. The predicted octanol–water partition coefficient (Wildman–Crippen LogP) is 3.74. The van der Waals surface area contributed by atoms with E-state index in [1.54, 1.807) is 43.3 Å². The van der Waals surface area contributed by atoms with Crippen LogP contribution in [0.4, 0.5) is 4.39 Å². The summed E-state index contributed by atoms with van der Waals surface area (Å²) < 4.78 is 45.3. The Balaban J connectivity index is 1.46. The molecule has 7 nitrogen and oxygen atoms in total. The highest BCUT2D eigenvalue weighted by Crippen LogP contribution is 2.21. The van der Waals surface area contributed by atoms with Gasteiger partial charge in [0.15, 0.2) is 6.10 Å². The number of halogens is 1. The van der Waals surface area contributed by atoms with Crippen LogP contribution in [0.25, 0.3) is 0 Å². The maximum atomic E-state index is 13.1. The summed E-state index contributed by atoms with van der Waals surface area (Å²) in [5, 5.41) is 2.74. The third kappa shape index (κ3) is 6.87. The summed E-state index contributed by atoms with van der Waals surface area (Å²) in [5.74, 6) is -1.33. The van der Waals surface area contributed by atoms with Gasteiger partial charge in [-0.15, -0.1) is 0 Å². The lowest BCUT2D eigenvalue weighted by Gasteiger charge is -2.25. The Labute approximate surface area is 200 Å². The molecule has 184 valence electrons. The van der Waals surface area contributed by atoms with Crippen molar-refractivity contribution in [2.24, 2.45) is 0 Å². The number of hydrogen-bond donors (Lipinski definition) is 1. The van der Waals surface area contributed by atoms with E-state index in [0.717, 1.165) is 30.4 Å². The van der Waals surface area contributed by atoms with Crippen LogP contribution in [-0.4, -0.2) is 43.8 Å². The molecule has 1 aliphatic rings. The van der Waals surface area contributed by atoms with Gasteiger partial charge < -0.3 is 10.1 Å². The van der Waals surface area contributed by atoms with Gasteiger partial charge in [-0.2, -0.15) is 4.31 Å². The second-order valence-corrected chi connectivity index (χ2v) is 10.5. The van der Waals surface area contributed by atoms with Crippen LogP contribution in [0.2, 0.25) is 0 Å². The molecular weight excluding hydrogens is 459 g/mol. The number of amides is 1. The standard InChI is InChI=1S/C25H31FN2O5S/c1-18(21-9-11-22(26)12-10-21)27-25(30)19(2)33-24(29)15-8-20-6-13-23(14-7-20)34(31,32)28-16-4-3-5-17-28/h6-7,9-14,18-19H,3-5,8,15-17H2,1-2H3,(H,27,30). The van der Waals surface area contributed by atoms with Gasteiger partial charge in [0, 0.05) is 19.5 Å². The average molecular weight is 491 g/mol. The number of carbonyl (C=O) groups excluding carboxylic acids is 2. The maximum Gasteiger partial charge on any atom is 0.306 e. The number of carbonyl (C=O) groups is 2. The first-order valence-corrected chi connectivity index (χ1v) is 13.0. The highest BCUT2D eigenvalue weighted by molar-refractivity contribution is 7.89.